The fourth-order valence-electron chi connectivity index (χ4n) is 2.46. The Labute approximate surface area is 161 Å². The van der Waals surface area contributed by atoms with Crippen LogP contribution in [0, 0.1) is 12.7 Å². The topological polar surface area (TPSA) is 130 Å². The minimum atomic E-state index is -3.88. The lowest BCUT2D eigenvalue weighted by Crippen LogP contribution is -2.14. The van der Waals surface area contributed by atoms with Crippen LogP contribution in [0.1, 0.15) is 11.1 Å². The summed E-state index contributed by atoms with van der Waals surface area (Å²) in [5.41, 5.74) is 2.19. The van der Waals surface area contributed by atoms with Crippen molar-refractivity contribution in [1.82, 2.24) is 9.97 Å². The van der Waals surface area contributed by atoms with Gasteiger partial charge in [0.05, 0.1) is 17.7 Å². The molecular weight excluding hydrogens is 385 g/mol. The zero-order valence-corrected chi connectivity index (χ0v) is 15.7. The Morgan fingerprint density at radius 1 is 1.11 bits per heavy atom. The number of nitrogens with one attached hydrogen (secondary N) is 2. The largest absolute Gasteiger partial charge is 0.392 e. The first-order valence-corrected chi connectivity index (χ1v) is 9.71. The molecule has 5 N–H and O–H groups in total. The van der Waals surface area contributed by atoms with Gasteiger partial charge in [0.25, 0.3) is 0 Å². The summed E-state index contributed by atoms with van der Waals surface area (Å²) in [6.07, 6.45) is 0.995. The van der Waals surface area contributed by atoms with E-state index in [2.05, 4.69) is 20.6 Å². The molecule has 0 bridgehead atoms. The van der Waals surface area contributed by atoms with E-state index in [1.165, 1.54) is 6.07 Å². The lowest BCUT2D eigenvalue weighted by Gasteiger charge is -2.11. The number of nitrogens with zero attached hydrogens (tertiary/aromatic N) is 2. The maximum atomic E-state index is 14.1. The van der Waals surface area contributed by atoms with Gasteiger partial charge in [0.2, 0.25) is 16.0 Å². The molecule has 0 fully saturated rings. The Balaban J connectivity index is 1.85. The van der Waals surface area contributed by atoms with Crippen molar-refractivity contribution in [3.8, 4) is 0 Å². The van der Waals surface area contributed by atoms with Crippen LogP contribution in [0.3, 0.4) is 0 Å². The van der Waals surface area contributed by atoms with E-state index < -0.39 is 15.8 Å². The Kier molecular flexibility index (Phi) is 5.54. The van der Waals surface area contributed by atoms with Crippen molar-refractivity contribution in [2.24, 2.45) is 5.14 Å². The van der Waals surface area contributed by atoms with Gasteiger partial charge in [-0.1, -0.05) is 18.2 Å². The van der Waals surface area contributed by atoms with Crippen molar-refractivity contribution >= 4 is 33.2 Å². The number of aromatic nitrogens is 2. The molecular formula is C18H18FN5O3S. The van der Waals surface area contributed by atoms with Crippen molar-refractivity contribution in [3.63, 3.8) is 0 Å². The number of sulfonamides is 1. The Morgan fingerprint density at radius 3 is 2.43 bits per heavy atom. The number of hydrogen-bond acceptors (Lipinski definition) is 7. The number of rotatable bonds is 6. The third-order valence-electron chi connectivity index (χ3n) is 3.89. The van der Waals surface area contributed by atoms with Crippen molar-refractivity contribution in [3.05, 3.63) is 65.6 Å². The predicted molar refractivity (Wildman–Crippen MR) is 103 cm³/mol. The van der Waals surface area contributed by atoms with Crippen LogP contribution in [0.2, 0.25) is 0 Å². The normalized spacial score (nSPS) is 11.3. The van der Waals surface area contributed by atoms with E-state index >= 15 is 0 Å². The molecule has 0 saturated heterocycles. The van der Waals surface area contributed by atoms with Crippen LogP contribution in [0.4, 0.5) is 27.5 Å². The number of halogens is 1. The summed E-state index contributed by atoms with van der Waals surface area (Å²) in [5.74, 6) is -0.654. The molecule has 1 aromatic heterocycles. The second-order valence-corrected chi connectivity index (χ2v) is 7.55. The number of aryl methyl sites for hydroxylation is 1. The molecule has 1 heterocycles. The molecule has 3 rings (SSSR count). The van der Waals surface area contributed by atoms with Gasteiger partial charge in [-0.05, 0) is 42.3 Å². The van der Waals surface area contributed by atoms with Gasteiger partial charge in [-0.3, -0.25) is 0 Å². The SMILES string of the molecule is Cc1ccc(Nc2ncc(F)c(Nc3ccc(CO)cc3)n2)cc1S(N)(=O)=O. The third kappa shape index (κ3) is 4.60. The van der Waals surface area contributed by atoms with Crippen LogP contribution in [-0.2, 0) is 16.6 Å². The van der Waals surface area contributed by atoms with Gasteiger partial charge < -0.3 is 15.7 Å². The number of nitrogens with two attached hydrogens (primary N) is 1. The summed E-state index contributed by atoms with van der Waals surface area (Å²) in [6.45, 7) is 1.54. The van der Waals surface area contributed by atoms with Gasteiger partial charge >= 0.3 is 0 Å². The Hall–Kier alpha value is -3.08. The smallest absolute Gasteiger partial charge is 0.238 e. The first-order valence-electron chi connectivity index (χ1n) is 8.16. The van der Waals surface area contributed by atoms with Crippen molar-refractivity contribution in [2.75, 3.05) is 10.6 Å². The van der Waals surface area contributed by atoms with Gasteiger partial charge in [0, 0.05) is 11.4 Å². The summed E-state index contributed by atoms with van der Waals surface area (Å²) in [7, 11) is -3.88. The molecule has 0 spiro atoms. The second kappa shape index (κ2) is 7.89. The van der Waals surface area contributed by atoms with Gasteiger partial charge in [0.15, 0.2) is 11.6 Å². The zero-order valence-electron chi connectivity index (χ0n) is 14.8. The monoisotopic (exact) mass is 403 g/mol. The highest BCUT2D eigenvalue weighted by Gasteiger charge is 2.13. The van der Waals surface area contributed by atoms with Crippen molar-refractivity contribution in [2.45, 2.75) is 18.4 Å². The Bertz CT molecular complexity index is 1100. The van der Waals surface area contributed by atoms with E-state index in [4.69, 9.17) is 10.2 Å². The summed E-state index contributed by atoms with van der Waals surface area (Å²) >= 11 is 0. The van der Waals surface area contributed by atoms with Crippen molar-refractivity contribution < 1.29 is 17.9 Å². The van der Waals surface area contributed by atoms with Gasteiger partial charge in [0.1, 0.15) is 0 Å². The van der Waals surface area contributed by atoms with Gasteiger partial charge in [-0.15, -0.1) is 0 Å². The number of aliphatic hydroxyl groups is 1. The molecule has 0 saturated carbocycles. The molecule has 0 atom stereocenters. The second-order valence-electron chi connectivity index (χ2n) is 6.02. The van der Waals surface area contributed by atoms with Crippen LogP contribution in [0.5, 0.6) is 0 Å². The lowest BCUT2D eigenvalue weighted by molar-refractivity contribution is 0.282. The molecule has 2 aromatic carbocycles. The quantitative estimate of drug-likeness (QED) is 0.497. The highest BCUT2D eigenvalue weighted by molar-refractivity contribution is 7.89. The first-order chi connectivity index (χ1) is 13.3. The molecule has 0 aliphatic rings. The fourth-order valence-corrected chi connectivity index (χ4v) is 3.27. The average Bonchev–Trinajstić information content (AvgIpc) is 2.65. The predicted octanol–water partition coefficient (Wildman–Crippen LogP) is 2.55. The molecule has 0 amide bonds. The lowest BCUT2D eigenvalue weighted by atomic mass is 10.2. The van der Waals surface area contributed by atoms with Crippen LogP contribution < -0.4 is 15.8 Å². The minimum Gasteiger partial charge on any atom is -0.392 e. The van der Waals surface area contributed by atoms with E-state index in [0.29, 0.717) is 16.9 Å². The third-order valence-corrected chi connectivity index (χ3v) is 4.95. The van der Waals surface area contributed by atoms with Crippen LogP contribution in [0.25, 0.3) is 0 Å². The standard InChI is InChI=1S/C18H18FN5O3S/c1-11-2-5-14(8-16(11)28(20,26)27)23-18-21-9-15(19)17(24-18)22-13-6-3-12(10-25)4-7-13/h2-9,25H,10H2,1H3,(H2,20,26,27)(H2,21,22,23,24). The molecule has 10 heteroatoms. The van der Waals surface area contributed by atoms with E-state index in [9.17, 15) is 12.8 Å². The molecule has 146 valence electrons. The van der Waals surface area contributed by atoms with E-state index in [1.54, 1.807) is 43.3 Å². The molecule has 0 aliphatic heterocycles. The molecule has 8 nitrogen and oxygen atoms in total. The highest BCUT2D eigenvalue weighted by atomic mass is 32.2. The van der Waals surface area contributed by atoms with E-state index in [-0.39, 0.29) is 23.3 Å². The summed E-state index contributed by atoms with van der Waals surface area (Å²) in [4.78, 5) is 7.92. The van der Waals surface area contributed by atoms with E-state index in [0.717, 1.165) is 11.8 Å². The minimum absolute atomic E-state index is 0.0260. The average molecular weight is 403 g/mol. The molecule has 3 aromatic rings. The van der Waals surface area contributed by atoms with Gasteiger partial charge in [-0.25, -0.2) is 22.9 Å². The Morgan fingerprint density at radius 2 is 1.79 bits per heavy atom. The number of anilines is 4. The van der Waals surface area contributed by atoms with Gasteiger partial charge in [-0.2, -0.15) is 4.98 Å². The summed E-state index contributed by atoms with van der Waals surface area (Å²) in [6, 6.07) is 11.3. The molecule has 0 unspecified atom stereocenters. The molecule has 0 aliphatic carbocycles. The molecule has 28 heavy (non-hydrogen) atoms. The number of benzene rings is 2. The summed E-state index contributed by atoms with van der Waals surface area (Å²) < 4.78 is 37.4. The number of primary sulfonamides is 1. The maximum absolute atomic E-state index is 14.1. The molecule has 0 radical (unpaired) electrons. The van der Waals surface area contributed by atoms with Crippen LogP contribution in [-0.4, -0.2) is 23.5 Å². The van der Waals surface area contributed by atoms with E-state index in [1.807, 2.05) is 0 Å². The van der Waals surface area contributed by atoms with Crippen LogP contribution in [0.15, 0.2) is 53.6 Å². The highest BCUT2D eigenvalue weighted by Crippen LogP contribution is 2.23. The number of aliphatic hydroxyl groups excluding tert-OH is 1. The summed E-state index contributed by atoms with van der Waals surface area (Å²) in [5, 5.41) is 19.9. The van der Waals surface area contributed by atoms with Crippen molar-refractivity contribution in [1.29, 1.82) is 0 Å². The maximum Gasteiger partial charge on any atom is 0.238 e. The zero-order chi connectivity index (χ0) is 20.3. The number of hydrogen-bond donors (Lipinski definition) is 4. The first kappa shape index (κ1) is 19.7. The van der Waals surface area contributed by atoms with Crippen LogP contribution >= 0.6 is 0 Å². The fraction of sp³-hybridized carbons (Fsp3) is 0.111.